The molecule has 3 nitrogen and oxygen atoms in total. The van der Waals surface area contributed by atoms with Crippen LogP contribution in [0.1, 0.15) is 12.2 Å². The summed E-state index contributed by atoms with van der Waals surface area (Å²) in [6.45, 7) is 0. The molecule has 2 aromatic rings. The maximum Gasteiger partial charge on any atom is 0.303 e. The van der Waals surface area contributed by atoms with Gasteiger partial charge < -0.3 is 9.52 Å². The van der Waals surface area contributed by atoms with Gasteiger partial charge in [0.1, 0.15) is 11.3 Å². The number of halogens is 1. The van der Waals surface area contributed by atoms with Gasteiger partial charge in [0.25, 0.3) is 0 Å². The Kier molecular flexibility index (Phi) is 2.64. The van der Waals surface area contributed by atoms with Crippen LogP contribution in [0.2, 0.25) is 5.02 Å². The van der Waals surface area contributed by atoms with Crippen LogP contribution < -0.4 is 0 Å². The Hall–Kier alpha value is -1.48. The Labute approximate surface area is 91.3 Å². The maximum atomic E-state index is 10.4. The lowest BCUT2D eigenvalue weighted by molar-refractivity contribution is -0.137. The van der Waals surface area contributed by atoms with E-state index in [9.17, 15) is 4.79 Å². The fourth-order valence-corrected chi connectivity index (χ4v) is 1.65. The van der Waals surface area contributed by atoms with Crippen LogP contribution in [-0.4, -0.2) is 11.1 Å². The molecule has 78 valence electrons. The lowest BCUT2D eigenvalue weighted by atomic mass is 10.2. The first-order valence-corrected chi connectivity index (χ1v) is 4.93. The minimum absolute atomic E-state index is 0.0669. The van der Waals surface area contributed by atoms with Crippen molar-refractivity contribution in [2.45, 2.75) is 12.8 Å². The Morgan fingerprint density at radius 1 is 1.47 bits per heavy atom. The summed E-state index contributed by atoms with van der Waals surface area (Å²) in [5.74, 6) is -0.179. The molecule has 0 saturated carbocycles. The number of furan rings is 1. The summed E-state index contributed by atoms with van der Waals surface area (Å²) in [6.07, 6.45) is 0.456. The molecule has 1 heterocycles. The fraction of sp³-hybridized carbons (Fsp3) is 0.182. The number of aryl methyl sites for hydroxylation is 1. The topological polar surface area (TPSA) is 50.4 Å². The van der Waals surface area contributed by atoms with E-state index in [0.29, 0.717) is 22.8 Å². The van der Waals surface area contributed by atoms with Crippen molar-refractivity contribution in [3.8, 4) is 0 Å². The highest BCUT2D eigenvalue weighted by molar-refractivity contribution is 6.35. The number of benzene rings is 1. The predicted molar refractivity (Wildman–Crippen MR) is 57.2 cm³/mol. The van der Waals surface area contributed by atoms with E-state index in [1.807, 2.05) is 6.07 Å². The third-order valence-corrected chi connectivity index (χ3v) is 2.47. The van der Waals surface area contributed by atoms with Gasteiger partial charge >= 0.3 is 5.97 Å². The molecule has 0 unspecified atom stereocenters. The summed E-state index contributed by atoms with van der Waals surface area (Å²) >= 11 is 5.96. The van der Waals surface area contributed by atoms with Crippen LogP contribution in [0.3, 0.4) is 0 Å². The summed E-state index contributed by atoms with van der Waals surface area (Å²) in [5.41, 5.74) is 0.697. The molecule has 0 radical (unpaired) electrons. The number of fused-ring (bicyclic) bond motifs is 1. The van der Waals surface area contributed by atoms with Gasteiger partial charge in [-0.3, -0.25) is 4.79 Å². The minimum atomic E-state index is -0.832. The molecule has 0 atom stereocenters. The van der Waals surface area contributed by atoms with Crippen molar-refractivity contribution in [1.29, 1.82) is 0 Å². The monoisotopic (exact) mass is 224 g/mol. The van der Waals surface area contributed by atoms with Crippen LogP contribution >= 0.6 is 11.6 Å². The van der Waals surface area contributed by atoms with Gasteiger partial charge in [-0.1, -0.05) is 17.7 Å². The average molecular weight is 225 g/mol. The van der Waals surface area contributed by atoms with Gasteiger partial charge in [0.2, 0.25) is 0 Å². The van der Waals surface area contributed by atoms with E-state index in [1.165, 1.54) is 0 Å². The van der Waals surface area contributed by atoms with Crippen molar-refractivity contribution >= 4 is 28.5 Å². The first kappa shape index (κ1) is 10.1. The molecule has 1 aromatic carbocycles. The number of rotatable bonds is 3. The average Bonchev–Trinajstić information content (AvgIpc) is 2.59. The van der Waals surface area contributed by atoms with E-state index in [1.54, 1.807) is 18.2 Å². The number of carboxylic acid groups (broad SMARTS) is 1. The highest BCUT2D eigenvalue weighted by atomic mass is 35.5. The molecule has 4 heteroatoms. The quantitative estimate of drug-likeness (QED) is 0.872. The third kappa shape index (κ3) is 2.13. The molecule has 0 bridgehead atoms. The molecule has 1 aromatic heterocycles. The van der Waals surface area contributed by atoms with Crippen molar-refractivity contribution in [3.63, 3.8) is 0 Å². The first-order chi connectivity index (χ1) is 7.16. The van der Waals surface area contributed by atoms with Gasteiger partial charge in [-0.25, -0.2) is 0 Å². The van der Waals surface area contributed by atoms with Crippen LogP contribution in [0.15, 0.2) is 28.7 Å². The van der Waals surface area contributed by atoms with E-state index in [2.05, 4.69) is 0 Å². The Balaban J connectivity index is 2.31. The number of carboxylic acids is 1. The zero-order valence-corrected chi connectivity index (χ0v) is 8.62. The molecule has 2 rings (SSSR count). The zero-order chi connectivity index (χ0) is 10.8. The van der Waals surface area contributed by atoms with E-state index >= 15 is 0 Å². The van der Waals surface area contributed by atoms with Crippen LogP contribution in [-0.2, 0) is 11.2 Å². The molecule has 0 amide bonds. The molecule has 0 aliphatic rings. The number of carbonyl (C=O) groups is 1. The number of aliphatic carboxylic acids is 1. The lowest BCUT2D eigenvalue weighted by Crippen LogP contribution is -1.95. The number of hydrogen-bond donors (Lipinski definition) is 1. The molecule has 0 saturated heterocycles. The Morgan fingerprint density at radius 2 is 2.27 bits per heavy atom. The third-order valence-electron chi connectivity index (χ3n) is 2.14. The van der Waals surface area contributed by atoms with E-state index in [4.69, 9.17) is 21.1 Å². The van der Waals surface area contributed by atoms with Gasteiger partial charge in [0.05, 0.1) is 11.4 Å². The van der Waals surface area contributed by atoms with Crippen molar-refractivity contribution in [3.05, 3.63) is 35.0 Å². The highest BCUT2D eigenvalue weighted by Crippen LogP contribution is 2.26. The lowest BCUT2D eigenvalue weighted by Gasteiger charge is -1.90. The normalized spacial score (nSPS) is 10.7. The smallest absolute Gasteiger partial charge is 0.303 e. The van der Waals surface area contributed by atoms with Gasteiger partial charge in [-0.05, 0) is 18.2 Å². The van der Waals surface area contributed by atoms with Crippen LogP contribution in [0.4, 0.5) is 0 Å². The van der Waals surface area contributed by atoms with Crippen molar-refractivity contribution in [1.82, 2.24) is 0 Å². The molecule has 0 aliphatic carbocycles. The predicted octanol–water partition coefficient (Wildman–Crippen LogP) is 3.10. The van der Waals surface area contributed by atoms with Gasteiger partial charge in [0, 0.05) is 11.8 Å². The van der Waals surface area contributed by atoms with Crippen molar-refractivity contribution < 1.29 is 14.3 Å². The zero-order valence-electron chi connectivity index (χ0n) is 7.87. The molecule has 0 spiro atoms. The molecular formula is C11H9ClO3. The van der Waals surface area contributed by atoms with Crippen molar-refractivity contribution in [2.24, 2.45) is 0 Å². The first-order valence-electron chi connectivity index (χ1n) is 4.55. The van der Waals surface area contributed by atoms with Crippen molar-refractivity contribution in [2.75, 3.05) is 0 Å². The van der Waals surface area contributed by atoms with Gasteiger partial charge in [0.15, 0.2) is 0 Å². The maximum absolute atomic E-state index is 10.4. The summed E-state index contributed by atoms with van der Waals surface area (Å²) in [7, 11) is 0. The fourth-order valence-electron chi connectivity index (χ4n) is 1.43. The molecule has 15 heavy (non-hydrogen) atoms. The van der Waals surface area contributed by atoms with E-state index in [-0.39, 0.29) is 6.42 Å². The Morgan fingerprint density at radius 3 is 2.93 bits per heavy atom. The largest absolute Gasteiger partial charge is 0.481 e. The summed E-state index contributed by atoms with van der Waals surface area (Å²) in [5, 5.41) is 9.99. The Bertz CT molecular complexity index is 502. The molecule has 0 aliphatic heterocycles. The second-order valence-electron chi connectivity index (χ2n) is 3.26. The van der Waals surface area contributed by atoms with Crippen LogP contribution in [0.5, 0.6) is 0 Å². The summed E-state index contributed by atoms with van der Waals surface area (Å²) < 4.78 is 5.45. The second kappa shape index (κ2) is 3.95. The number of hydrogen-bond acceptors (Lipinski definition) is 2. The van der Waals surface area contributed by atoms with Gasteiger partial charge in [-0.2, -0.15) is 0 Å². The summed E-state index contributed by atoms with van der Waals surface area (Å²) in [6, 6.07) is 7.18. The van der Waals surface area contributed by atoms with Crippen LogP contribution in [0.25, 0.3) is 11.0 Å². The highest BCUT2D eigenvalue weighted by Gasteiger charge is 2.07. The second-order valence-corrected chi connectivity index (χ2v) is 3.67. The SMILES string of the molecule is O=C(O)CCc1cc2c(Cl)cccc2o1. The molecular weight excluding hydrogens is 216 g/mol. The van der Waals surface area contributed by atoms with Gasteiger partial charge in [-0.15, -0.1) is 0 Å². The standard InChI is InChI=1S/C11H9ClO3/c12-9-2-1-3-10-8(9)6-7(15-10)4-5-11(13)14/h1-3,6H,4-5H2,(H,13,14). The van der Waals surface area contributed by atoms with E-state index in [0.717, 1.165) is 5.39 Å². The molecule has 1 N–H and O–H groups in total. The van der Waals surface area contributed by atoms with Crippen LogP contribution in [0, 0.1) is 0 Å². The van der Waals surface area contributed by atoms with E-state index < -0.39 is 5.97 Å². The summed E-state index contributed by atoms with van der Waals surface area (Å²) in [4.78, 5) is 10.4. The minimum Gasteiger partial charge on any atom is -0.481 e. The molecule has 0 fully saturated rings.